The highest BCUT2D eigenvalue weighted by Crippen LogP contribution is 2.44. The Kier molecular flexibility index (Phi) is 7.14. The van der Waals surface area contributed by atoms with Gasteiger partial charge in [-0.05, 0) is 56.9 Å². The Morgan fingerprint density at radius 1 is 0.291 bits per heavy atom. The fourth-order valence-electron chi connectivity index (χ4n) is 8.38. The predicted molar refractivity (Wildman–Crippen MR) is 228 cm³/mol. The lowest BCUT2D eigenvalue weighted by Crippen LogP contribution is -2.01. The van der Waals surface area contributed by atoms with Crippen LogP contribution in [0.4, 0.5) is 0 Å². The van der Waals surface area contributed by atoms with Crippen molar-refractivity contribution in [1.29, 1.82) is 0 Å². The molecule has 0 unspecified atom stereocenters. The Morgan fingerprint density at radius 2 is 0.764 bits per heavy atom. The van der Waals surface area contributed by atoms with Crippen LogP contribution >= 0.6 is 0 Å². The summed E-state index contributed by atoms with van der Waals surface area (Å²) < 4.78 is 2.45. The maximum Gasteiger partial charge on any atom is 0.164 e. The third-order valence-electron chi connectivity index (χ3n) is 10.8. The van der Waals surface area contributed by atoms with Gasteiger partial charge in [-0.15, -0.1) is 0 Å². The van der Waals surface area contributed by atoms with Gasteiger partial charge in [-0.2, -0.15) is 0 Å². The highest BCUT2D eigenvalue weighted by Gasteiger charge is 2.21. The van der Waals surface area contributed by atoms with Gasteiger partial charge in [0.15, 0.2) is 17.5 Å². The van der Waals surface area contributed by atoms with Crippen LogP contribution in [-0.4, -0.2) is 19.5 Å². The van der Waals surface area contributed by atoms with Gasteiger partial charge in [0.25, 0.3) is 0 Å². The molecule has 0 saturated carbocycles. The Bertz CT molecular complexity index is 3140. The molecule has 0 spiro atoms. The number of nitrogens with zero attached hydrogens (tertiary/aromatic N) is 4. The summed E-state index contributed by atoms with van der Waals surface area (Å²) in [6, 6.07) is 68.7. The molecule has 0 amide bonds. The second kappa shape index (κ2) is 12.6. The third-order valence-corrected chi connectivity index (χ3v) is 10.8. The number of benzene rings is 9. The molecule has 0 aliphatic heterocycles. The Labute approximate surface area is 317 Å². The van der Waals surface area contributed by atoms with E-state index in [1.165, 1.54) is 49.1 Å². The minimum Gasteiger partial charge on any atom is -0.309 e. The van der Waals surface area contributed by atoms with Crippen LogP contribution in [0, 0.1) is 0 Å². The average Bonchev–Trinajstić information content (AvgIpc) is 3.60. The van der Waals surface area contributed by atoms with E-state index in [-0.39, 0.29) is 0 Å². The van der Waals surface area contributed by atoms with Crippen molar-refractivity contribution in [1.82, 2.24) is 19.5 Å². The van der Waals surface area contributed by atoms with Gasteiger partial charge in [0, 0.05) is 38.2 Å². The lowest BCUT2D eigenvalue weighted by molar-refractivity contribution is 1.08. The molecule has 0 radical (unpaired) electrons. The summed E-state index contributed by atoms with van der Waals surface area (Å²) in [4.78, 5) is 15.3. The van der Waals surface area contributed by atoms with Crippen LogP contribution in [0.2, 0.25) is 0 Å². The number of fused-ring (bicyclic) bond motifs is 9. The summed E-state index contributed by atoms with van der Waals surface area (Å²) in [6.45, 7) is 0. The van der Waals surface area contributed by atoms with Gasteiger partial charge in [0.2, 0.25) is 0 Å². The van der Waals surface area contributed by atoms with Crippen molar-refractivity contribution in [3.05, 3.63) is 194 Å². The highest BCUT2D eigenvalue weighted by atomic mass is 15.0. The first-order chi connectivity index (χ1) is 27.3. The van der Waals surface area contributed by atoms with Crippen molar-refractivity contribution >= 4 is 54.1 Å². The molecule has 0 N–H and O–H groups in total. The second-order valence-electron chi connectivity index (χ2n) is 14.0. The lowest BCUT2D eigenvalue weighted by atomic mass is 9.90. The molecule has 256 valence electrons. The minimum absolute atomic E-state index is 0.649. The molecule has 55 heavy (non-hydrogen) atoms. The number of hydrogen-bond acceptors (Lipinski definition) is 3. The average molecular weight is 701 g/mol. The van der Waals surface area contributed by atoms with Crippen LogP contribution < -0.4 is 0 Å². The van der Waals surface area contributed by atoms with E-state index in [4.69, 9.17) is 15.0 Å². The molecule has 0 aliphatic rings. The molecular weight excluding hydrogens is 669 g/mol. The van der Waals surface area contributed by atoms with Crippen molar-refractivity contribution in [3.8, 4) is 51.0 Å². The monoisotopic (exact) mass is 700 g/mol. The molecule has 0 bridgehead atoms. The van der Waals surface area contributed by atoms with Crippen LogP contribution in [-0.2, 0) is 0 Å². The maximum atomic E-state index is 5.17. The Balaban J connectivity index is 1.20. The summed E-state index contributed by atoms with van der Waals surface area (Å²) in [6.07, 6.45) is 0. The summed E-state index contributed by atoms with van der Waals surface area (Å²) in [5, 5.41) is 9.48. The zero-order valence-corrected chi connectivity index (χ0v) is 29.8. The zero-order chi connectivity index (χ0) is 36.3. The van der Waals surface area contributed by atoms with E-state index in [0.29, 0.717) is 17.5 Å². The van der Waals surface area contributed by atoms with E-state index in [0.717, 1.165) is 38.5 Å². The number of rotatable bonds is 5. The van der Waals surface area contributed by atoms with Crippen molar-refractivity contribution in [2.24, 2.45) is 0 Å². The third kappa shape index (κ3) is 5.03. The molecule has 11 aromatic rings. The predicted octanol–water partition coefficient (Wildman–Crippen LogP) is 13.1. The molecule has 4 heteroatoms. The number of aromatic nitrogens is 4. The quantitative estimate of drug-likeness (QED) is 0.168. The molecule has 0 saturated heterocycles. The van der Waals surface area contributed by atoms with Crippen molar-refractivity contribution < 1.29 is 0 Å². The first kappa shape index (κ1) is 31.1. The van der Waals surface area contributed by atoms with Crippen LogP contribution in [0.3, 0.4) is 0 Å². The molecule has 4 nitrogen and oxygen atoms in total. The van der Waals surface area contributed by atoms with E-state index < -0.39 is 0 Å². The summed E-state index contributed by atoms with van der Waals surface area (Å²) >= 11 is 0. The number of hydrogen-bond donors (Lipinski definition) is 0. The normalized spacial score (nSPS) is 11.6. The smallest absolute Gasteiger partial charge is 0.164 e. The van der Waals surface area contributed by atoms with Gasteiger partial charge in [-0.3, -0.25) is 0 Å². The number of para-hydroxylation sites is 1. The van der Waals surface area contributed by atoms with Gasteiger partial charge in [0.1, 0.15) is 0 Å². The largest absolute Gasteiger partial charge is 0.309 e. The van der Waals surface area contributed by atoms with Crippen LogP contribution in [0.25, 0.3) is 105 Å². The molecule has 11 rings (SSSR count). The van der Waals surface area contributed by atoms with Crippen LogP contribution in [0.5, 0.6) is 0 Å². The molecule has 0 fully saturated rings. The van der Waals surface area contributed by atoms with Crippen molar-refractivity contribution in [2.45, 2.75) is 0 Å². The minimum atomic E-state index is 0.649. The topological polar surface area (TPSA) is 43.6 Å². The molecule has 0 aliphatic carbocycles. The molecule has 2 heterocycles. The van der Waals surface area contributed by atoms with Crippen LogP contribution in [0.15, 0.2) is 194 Å². The summed E-state index contributed by atoms with van der Waals surface area (Å²) in [5.41, 5.74) is 8.81. The summed E-state index contributed by atoms with van der Waals surface area (Å²) in [5.74, 6) is 1.95. The highest BCUT2D eigenvalue weighted by molar-refractivity contribution is 6.30. The van der Waals surface area contributed by atoms with Gasteiger partial charge in [-0.1, -0.05) is 170 Å². The van der Waals surface area contributed by atoms with Crippen molar-refractivity contribution in [3.63, 3.8) is 0 Å². The summed E-state index contributed by atoms with van der Waals surface area (Å²) in [7, 11) is 0. The fourth-order valence-corrected chi connectivity index (χ4v) is 8.38. The SMILES string of the molecule is c1ccc(-c2ccc3c(c2)c2ccccc2n3-c2cccc3c4cccc(-c5nc(-c6ccccc6)nc(-c6ccccc6)n5)c4c4ccccc4c23)cc1. The molecule has 0 atom stereocenters. The molecule has 9 aromatic carbocycles. The zero-order valence-electron chi connectivity index (χ0n) is 29.8. The molecular formula is C51H32N4. The van der Waals surface area contributed by atoms with E-state index in [9.17, 15) is 0 Å². The standard InChI is InChI=1S/C51H32N4/c1-4-16-33(17-5-1)36-30-31-45-43(32-36)37-22-12-13-28-44(37)55(45)46-29-15-26-41-39-25-14-27-42(47(39)38-23-10-11-24-40(38)48(41)46)51-53-49(34-18-6-2-7-19-34)52-50(54-51)35-20-8-3-9-21-35/h1-32H. The van der Waals surface area contributed by atoms with Gasteiger partial charge >= 0.3 is 0 Å². The molecule has 2 aromatic heterocycles. The van der Waals surface area contributed by atoms with Gasteiger partial charge in [-0.25, -0.2) is 15.0 Å². The Morgan fingerprint density at radius 3 is 1.40 bits per heavy atom. The van der Waals surface area contributed by atoms with E-state index >= 15 is 0 Å². The van der Waals surface area contributed by atoms with E-state index in [1.54, 1.807) is 0 Å². The second-order valence-corrected chi connectivity index (χ2v) is 14.0. The lowest BCUT2D eigenvalue weighted by Gasteiger charge is -2.18. The van der Waals surface area contributed by atoms with Crippen LogP contribution in [0.1, 0.15) is 0 Å². The van der Waals surface area contributed by atoms with E-state index in [2.05, 4.69) is 162 Å². The maximum absolute atomic E-state index is 5.17. The first-order valence-electron chi connectivity index (χ1n) is 18.6. The van der Waals surface area contributed by atoms with Crippen molar-refractivity contribution in [2.75, 3.05) is 0 Å². The fraction of sp³-hybridized carbons (Fsp3) is 0. The van der Waals surface area contributed by atoms with Gasteiger partial charge < -0.3 is 4.57 Å². The van der Waals surface area contributed by atoms with Gasteiger partial charge in [0.05, 0.1) is 16.7 Å². The first-order valence-corrected chi connectivity index (χ1v) is 18.6. The van der Waals surface area contributed by atoms with E-state index in [1.807, 2.05) is 36.4 Å². The Hall–Kier alpha value is -7.43.